The number of aromatic hydroxyl groups is 1. The molecule has 2 aromatic heterocycles. The van der Waals surface area contributed by atoms with Crippen molar-refractivity contribution in [3.05, 3.63) is 60.7 Å². The van der Waals surface area contributed by atoms with Gasteiger partial charge in [0.1, 0.15) is 11.9 Å². The van der Waals surface area contributed by atoms with Crippen LogP contribution >= 0.6 is 0 Å². The molecule has 32 heavy (non-hydrogen) atoms. The molecule has 3 aromatic rings. The van der Waals surface area contributed by atoms with Crippen LogP contribution in [0.4, 0.5) is 8.78 Å². The van der Waals surface area contributed by atoms with Crippen LogP contribution in [0.3, 0.4) is 0 Å². The number of likely N-dealkylation sites (N-methyl/N-ethyl adjacent to an activating group) is 1. The summed E-state index contributed by atoms with van der Waals surface area (Å²) in [4.78, 5) is 2.05. The monoisotopic (exact) mass is 439 g/mol. The number of halogens is 2. The molecule has 7 nitrogen and oxygen atoms in total. The third-order valence-corrected chi connectivity index (χ3v) is 6.75. The minimum Gasteiger partial charge on any atom is -0.507 e. The van der Waals surface area contributed by atoms with Crippen LogP contribution in [0.25, 0.3) is 16.9 Å². The van der Waals surface area contributed by atoms with Crippen LogP contribution in [0.15, 0.2) is 54.9 Å². The molecular formula is C23H23F2N5O2. The molecule has 2 bridgehead atoms. The largest absolute Gasteiger partial charge is 0.507 e. The first kappa shape index (κ1) is 20.6. The number of hydrogen-bond acceptors (Lipinski definition) is 6. The number of piperidine rings is 1. The van der Waals surface area contributed by atoms with E-state index in [9.17, 15) is 9.50 Å². The molecule has 2 aliphatic heterocycles. The summed E-state index contributed by atoms with van der Waals surface area (Å²) in [6.45, 7) is 3.93. The highest BCUT2D eigenvalue weighted by Gasteiger charge is 2.57. The first-order valence-corrected chi connectivity index (χ1v) is 10.3. The Hall–Kier alpha value is -3.33. The van der Waals surface area contributed by atoms with Gasteiger partial charge in [0.15, 0.2) is 12.0 Å². The third kappa shape index (κ3) is 3.15. The summed E-state index contributed by atoms with van der Waals surface area (Å²) < 4.78 is 35.7. The van der Waals surface area contributed by atoms with Gasteiger partial charge in [0.2, 0.25) is 5.88 Å². The van der Waals surface area contributed by atoms with Gasteiger partial charge in [-0.1, -0.05) is 12.2 Å². The molecule has 1 aromatic carbocycles. The van der Waals surface area contributed by atoms with E-state index < -0.39 is 23.6 Å². The quantitative estimate of drug-likeness (QED) is 0.625. The molecule has 0 unspecified atom stereocenters. The van der Waals surface area contributed by atoms with Crippen LogP contribution in [0, 0.1) is 5.82 Å². The number of ether oxygens (including phenoxy) is 1. The highest BCUT2D eigenvalue weighted by Crippen LogP contribution is 2.46. The minimum absolute atomic E-state index is 0.0518. The lowest BCUT2D eigenvalue weighted by atomic mass is 9.81. The predicted octanol–water partition coefficient (Wildman–Crippen LogP) is 3.68. The normalized spacial score (nSPS) is 29.4. The fraction of sp³-hybridized carbons (Fsp3) is 0.348. The van der Waals surface area contributed by atoms with Crippen LogP contribution < -0.4 is 4.74 Å². The molecule has 0 radical (unpaired) electrons. The van der Waals surface area contributed by atoms with Gasteiger partial charge in [-0.2, -0.15) is 5.10 Å². The Balaban J connectivity index is 1.34. The Bertz CT molecular complexity index is 1200. The van der Waals surface area contributed by atoms with Crippen molar-refractivity contribution in [3.63, 3.8) is 0 Å². The molecule has 1 N–H and O–H groups in total. The fourth-order valence-corrected chi connectivity index (χ4v) is 4.60. The second-order valence-electron chi connectivity index (χ2n) is 8.80. The van der Waals surface area contributed by atoms with E-state index in [1.807, 2.05) is 31.0 Å². The van der Waals surface area contributed by atoms with Crippen molar-refractivity contribution >= 4 is 0 Å². The van der Waals surface area contributed by atoms with Gasteiger partial charge >= 0.3 is 0 Å². The maximum atomic E-state index is 15.3. The first-order valence-electron chi connectivity index (χ1n) is 10.3. The average molecular weight is 439 g/mol. The van der Waals surface area contributed by atoms with Crippen LogP contribution in [0.1, 0.15) is 20.3 Å². The van der Waals surface area contributed by atoms with Gasteiger partial charge in [-0.05, 0) is 39.1 Å². The standard InChI is InChI=1S/C23H23F2N5O2/c1-22-8-9-23(2,29(22)3)21(25)19(11-22)32-20-7-6-17(27-28-20)16-5-4-15(10-18(16)31)30-13-14(24)12-26-30/h4-10,12-13,19,21,31H,11H2,1-3H3/t19-,21-,22-,23+/m0/s1. The van der Waals surface area contributed by atoms with E-state index >= 15 is 4.39 Å². The van der Waals surface area contributed by atoms with E-state index in [4.69, 9.17) is 4.74 Å². The lowest BCUT2D eigenvalue weighted by molar-refractivity contribution is -0.0779. The SMILES string of the molecule is CN1[C@@]2(C)C=C[C@]1(C)[C@@H](F)[C@@H](Oc1ccc(-c3ccc(-n4cc(F)cn4)cc3O)nn1)C2. The number of phenolic OH excluding ortho intramolecular Hbond substituents is 1. The molecule has 1 fully saturated rings. The van der Waals surface area contributed by atoms with Crippen molar-refractivity contribution in [2.45, 2.75) is 43.6 Å². The van der Waals surface area contributed by atoms with E-state index in [0.29, 0.717) is 23.4 Å². The zero-order valence-electron chi connectivity index (χ0n) is 17.9. The molecule has 4 atom stereocenters. The molecule has 2 aliphatic rings. The summed E-state index contributed by atoms with van der Waals surface area (Å²) in [7, 11) is 1.93. The number of rotatable bonds is 4. The summed E-state index contributed by atoms with van der Waals surface area (Å²) in [6, 6.07) is 8.06. The molecule has 166 valence electrons. The van der Waals surface area contributed by atoms with E-state index in [0.717, 1.165) is 6.20 Å². The highest BCUT2D eigenvalue weighted by atomic mass is 19.1. The van der Waals surface area contributed by atoms with Gasteiger partial charge in [-0.25, -0.2) is 13.5 Å². The average Bonchev–Trinajstić information content (AvgIpc) is 3.28. The summed E-state index contributed by atoms with van der Waals surface area (Å²) >= 11 is 0. The Morgan fingerprint density at radius 2 is 1.97 bits per heavy atom. The number of hydrogen-bond donors (Lipinski definition) is 1. The minimum atomic E-state index is -1.22. The third-order valence-electron chi connectivity index (χ3n) is 6.75. The van der Waals surface area contributed by atoms with Crippen LogP contribution in [-0.4, -0.2) is 60.4 Å². The summed E-state index contributed by atoms with van der Waals surface area (Å²) in [5, 5.41) is 22.5. The Kier molecular flexibility index (Phi) is 4.56. The summed E-state index contributed by atoms with van der Waals surface area (Å²) in [5.41, 5.74) is 0.375. The molecule has 0 aliphatic carbocycles. The maximum Gasteiger partial charge on any atom is 0.233 e. The van der Waals surface area contributed by atoms with Gasteiger partial charge in [-0.15, -0.1) is 10.2 Å². The zero-order valence-corrected chi connectivity index (χ0v) is 17.9. The second-order valence-corrected chi connectivity index (χ2v) is 8.80. The fourth-order valence-electron chi connectivity index (χ4n) is 4.60. The van der Waals surface area contributed by atoms with Crippen molar-refractivity contribution in [1.82, 2.24) is 24.9 Å². The van der Waals surface area contributed by atoms with Crippen molar-refractivity contribution in [3.8, 4) is 28.6 Å². The van der Waals surface area contributed by atoms with Crippen molar-refractivity contribution in [1.29, 1.82) is 0 Å². The Morgan fingerprint density at radius 3 is 2.62 bits per heavy atom. The van der Waals surface area contributed by atoms with Gasteiger partial charge in [0.25, 0.3) is 0 Å². The Labute approximate surface area is 184 Å². The molecule has 1 saturated heterocycles. The van der Waals surface area contributed by atoms with E-state index in [-0.39, 0.29) is 17.2 Å². The molecule has 0 saturated carbocycles. The second kappa shape index (κ2) is 7.09. The summed E-state index contributed by atoms with van der Waals surface area (Å²) in [5.74, 6) is -0.299. The van der Waals surface area contributed by atoms with E-state index in [1.165, 1.54) is 16.9 Å². The number of alkyl halides is 1. The zero-order chi connectivity index (χ0) is 22.7. The first-order chi connectivity index (χ1) is 15.2. The van der Waals surface area contributed by atoms with Gasteiger partial charge < -0.3 is 9.84 Å². The lowest BCUT2D eigenvalue weighted by Crippen LogP contribution is -2.64. The van der Waals surface area contributed by atoms with E-state index in [2.05, 4.69) is 22.2 Å². The molecular weight excluding hydrogens is 416 g/mol. The van der Waals surface area contributed by atoms with Crippen LogP contribution in [0.2, 0.25) is 0 Å². The van der Waals surface area contributed by atoms with E-state index in [1.54, 1.807) is 24.3 Å². The number of fused-ring (bicyclic) bond motifs is 2. The lowest BCUT2D eigenvalue weighted by Gasteiger charge is -2.50. The van der Waals surface area contributed by atoms with Crippen LogP contribution in [0.5, 0.6) is 11.6 Å². The van der Waals surface area contributed by atoms with Crippen molar-refractivity contribution in [2.75, 3.05) is 7.05 Å². The molecule has 0 spiro atoms. The molecule has 9 heteroatoms. The number of benzene rings is 1. The highest BCUT2D eigenvalue weighted by molar-refractivity contribution is 5.68. The maximum absolute atomic E-state index is 15.3. The molecule has 5 rings (SSSR count). The van der Waals surface area contributed by atoms with Crippen LogP contribution in [-0.2, 0) is 0 Å². The number of phenols is 1. The van der Waals surface area contributed by atoms with Gasteiger partial charge in [-0.3, -0.25) is 4.90 Å². The Morgan fingerprint density at radius 1 is 1.16 bits per heavy atom. The van der Waals surface area contributed by atoms with Gasteiger partial charge in [0.05, 0.1) is 29.3 Å². The molecule has 0 amide bonds. The number of nitrogens with zero attached hydrogens (tertiary/aromatic N) is 5. The topological polar surface area (TPSA) is 76.3 Å². The predicted molar refractivity (Wildman–Crippen MR) is 114 cm³/mol. The van der Waals surface area contributed by atoms with Crippen molar-refractivity contribution < 1.29 is 18.6 Å². The van der Waals surface area contributed by atoms with Crippen molar-refractivity contribution in [2.24, 2.45) is 0 Å². The van der Waals surface area contributed by atoms with Gasteiger partial charge in [0, 0.05) is 29.7 Å². The summed E-state index contributed by atoms with van der Waals surface area (Å²) in [6.07, 6.45) is 4.88. The molecule has 4 heterocycles. The smallest absolute Gasteiger partial charge is 0.233 e. The number of aromatic nitrogens is 4.